The zero-order chi connectivity index (χ0) is 18.6. The van der Waals surface area contributed by atoms with Crippen molar-refractivity contribution in [3.05, 3.63) is 89.2 Å². The Morgan fingerprint density at radius 3 is 2.41 bits per heavy atom. The summed E-state index contributed by atoms with van der Waals surface area (Å²) >= 11 is 0. The number of carbonyl (C=O) groups is 1. The fraction of sp³-hybridized carbons (Fsp3) is 0.227. The van der Waals surface area contributed by atoms with Crippen molar-refractivity contribution >= 4 is 11.9 Å². The van der Waals surface area contributed by atoms with E-state index in [-0.39, 0.29) is 5.91 Å². The predicted octanol–water partition coefficient (Wildman–Crippen LogP) is 3.31. The Morgan fingerprint density at radius 1 is 1.00 bits per heavy atom. The second kappa shape index (κ2) is 7.58. The lowest BCUT2D eigenvalue weighted by molar-refractivity contribution is 0.0784. The Bertz CT molecular complexity index is 925. The van der Waals surface area contributed by atoms with Crippen molar-refractivity contribution in [3.8, 4) is 0 Å². The monoisotopic (exact) mass is 358 g/mol. The first kappa shape index (κ1) is 17.2. The van der Waals surface area contributed by atoms with Gasteiger partial charge in [0.05, 0.1) is 5.56 Å². The molecule has 0 unspecified atom stereocenters. The van der Waals surface area contributed by atoms with Crippen molar-refractivity contribution < 1.29 is 4.79 Å². The van der Waals surface area contributed by atoms with Crippen LogP contribution >= 0.6 is 0 Å². The van der Waals surface area contributed by atoms with Crippen molar-refractivity contribution in [2.45, 2.75) is 19.5 Å². The summed E-state index contributed by atoms with van der Waals surface area (Å²) in [6, 6.07) is 18.4. The third kappa shape index (κ3) is 3.82. The van der Waals surface area contributed by atoms with Gasteiger partial charge in [-0.2, -0.15) is 0 Å². The van der Waals surface area contributed by atoms with Gasteiger partial charge in [0, 0.05) is 39.1 Å². The Kier molecular flexibility index (Phi) is 4.83. The van der Waals surface area contributed by atoms with Crippen LogP contribution in [0.4, 0.5) is 5.95 Å². The molecule has 1 amide bonds. The molecule has 0 bridgehead atoms. The van der Waals surface area contributed by atoms with Crippen LogP contribution in [-0.2, 0) is 19.5 Å². The van der Waals surface area contributed by atoms with E-state index < -0.39 is 0 Å². The molecule has 0 fully saturated rings. The Labute approximate surface area is 159 Å². The van der Waals surface area contributed by atoms with Gasteiger partial charge in [0.2, 0.25) is 5.95 Å². The van der Waals surface area contributed by atoms with Gasteiger partial charge >= 0.3 is 0 Å². The lowest BCUT2D eigenvalue weighted by atomic mass is 10.0. The van der Waals surface area contributed by atoms with Crippen LogP contribution in [0.1, 0.15) is 27.0 Å². The van der Waals surface area contributed by atoms with Crippen molar-refractivity contribution in [1.82, 2.24) is 14.9 Å². The molecule has 2 aromatic carbocycles. The van der Waals surface area contributed by atoms with E-state index in [4.69, 9.17) is 0 Å². The zero-order valence-electron chi connectivity index (χ0n) is 15.4. The molecule has 0 radical (unpaired) electrons. The predicted molar refractivity (Wildman–Crippen MR) is 105 cm³/mol. The number of fused-ring (bicyclic) bond motifs is 1. The van der Waals surface area contributed by atoms with Crippen LogP contribution in [0, 0.1) is 0 Å². The van der Waals surface area contributed by atoms with Crippen molar-refractivity contribution in [2.75, 3.05) is 18.5 Å². The Morgan fingerprint density at radius 2 is 1.67 bits per heavy atom. The van der Waals surface area contributed by atoms with E-state index in [0.29, 0.717) is 18.1 Å². The summed E-state index contributed by atoms with van der Waals surface area (Å²) in [7, 11) is 1.80. The maximum atomic E-state index is 12.6. The molecule has 1 aliphatic rings. The second-order valence-electron chi connectivity index (χ2n) is 6.86. The normalized spacial score (nSPS) is 13.1. The summed E-state index contributed by atoms with van der Waals surface area (Å²) in [5.41, 5.74) is 4.31. The number of rotatable bonds is 4. The van der Waals surface area contributed by atoms with Gasteiger partial charge in [0.15, 0.2) is 0 Å². The molecule has 1 aromatic heterocycles. The molecule has 27 heavy (non-hydrogen) atoms. The minimum atomic E-state index is -0.0746. The summed E-state index contributed by atoms with van der Waals surface area (Å²) in [6.07, 6.45) is 4.25. The Hall–Kier alpha value is -3.21. The van der Waals surface area contributed by atoms with E-state index >= 15 is 0 Å². The number of aromatic nitrogens is 2. The highest BCUT2D eigenvalue weighted by Gasteiger charge is 2.19. The molecular formula is C22H22N4O. The SMILES string of the molecule is CN(Cc1ccccc1)C(=O)c1cnc(N2CCc3ccccc3C2)nc1. The minimum absolute atomic E-state index is 0.0746. The number of hydrogen-bond donors (Lipinski definition) is 0. The third-order valence-corrected chi connectivity index (χ3v) is 4.91. The molecule has 0 aliphatic carbocycles. The molecule has 5 nitrogen and oxygen atoms in total. The molecule has 4 rings (SSSR count). The summed E-state index contributed by atoms with van der Waals surface area (Å²) in [5.74, 6) is 0.598. The maximum Gasteiger partial charge on any atom is 0.257 e. The molecule has 2 heterocycles. The van der Waals surface area contributed by atoms with Gasteiger partial charge in [0.1, 0.15) is 0 Å². The van der Waals surface area contributed by atoms with Crippen LogP contribution in [0.25, 0.3) is 0 Å². The van der Waals surface area contributed by atoms with Crippen LogP contribution in [0.5, 0.6) is 0 Å². The second-order valence-corrected chi connectivity index (χ2v) is 6.86. The average molecular weight is 358 g/mol. The van der Waals surface area contributed by atoms with Crippen molar-refractivity contribution in [2.24, 2.45) is 0 Å². The summed E-state index contributed by atoms with van der Waals surface area (Å²) in [4.78, 5) is 25.4. The highest BCUT2D eigenvalue weighted by atomic mass is 16.2. The Balaban J connectivity index is 1.44. The average Bonchev–Trinajstić information content (AvgIpc) is 2.73. The smallest absolute Gasteiger partial charge is 0.257 e. The lowest BCUT2D eigenvalue weighted by Crippen LogP contribution is -2.32. The van der Waals surface area contributed by atoms with Gasteiger partial charge in [-0.3, -0.25) is 4.79 Å². The molecular weight excluding hydrogens is 336 g/mol. The van der Waals surface area contributed by atoms with E-state index in [2.05, 4.69) is 39.1 Å². The molecule has 3 aromatic rings. The highest BCUT2D eigenvalue weighted by Crippen LogP contribution is 2.21. The summed E-state index contributed by atoms with van der Waals surface area (Å²) < 4.78 is 0. The van der Waals surface area contributed by atoms with Gasteiger partial charge in [-0.1, -0.05) is 54.6 Å². The van der Waals surface area contributed by atoms with E-state index in [0.717, 1.165) is 25.1 Å². The van der Waals surface area contributed by atoms with Crippen LogP contribution in [0.2, 0.25) is 0 Å². The number of carbonyl (C=O) groups excluding carboxylic acids is 1. The lowest BCUT2D eigenvalue weighted by Gasteiger charge is -2.28. The van der Waals surface area contributed by atoms with Crippen molar-refractivity contribution in [3.63, 3.8) is 0 Å². The number of nitrogens with zero attached hydrogens (tertiary/aromatic N) is 4. The maximum absolute atomic E-state index is 12.6. The first-order valence-corrected chi connectivity index (χ1v) is 9.14. The number of amides is 1. The standard InChI is InChI=1S/C22H22N4O/c1-25(15-17-7-3-2-4-8-17)21(27)20-13-23-22(24-14-20)26-12-11-18-9-5-6-10-19(18)16-26/h2-10,13-14H,11-12,15-16H2,1H3. The van der Waals surface area contributed by atoms with Crippen LogP contribution in [0.3, 0.4) is 0 Å². The van der Waals surface area contributed by atoms with Crippen LogP contribution in [-0.4, -0.2) is 34.4 Å². The van der Waals surface area contributed by atoms with Crippen LogP contribution < -0.4 is 4.90 Å². The number of hydrogen-bond acceptors (Lipinski definition) is 4. The molecule has 5 heteroatoms. The van der Waals surface area contributed by atoms with E-state index in [9.17, 15) is 4.79 Å². The zero-order valence-corrected chi connectivity index (χ0v) is 15.4. The molecule has 0 spiro atoms. The largest absolute Gasteiger partial charge is 0.337 e. The van der Waals surface area contributed by atoms with Gasteiger partial charge in [-0.25, -0.2) is 9.97 Å². The summed E-state index contributed by atoms with van der Waals surface area (Å²) in [6.45, 7) is 2.25. The number of anilines is 1. The summed E-state index contributed by atoms with van der Waals surface area (Å²) in [5, 5.41) is 0. The molecule has 136 valence electrons. The fourth-order valence-electron chi connectivity index (χ4n) is 3.41. The molecule has 0 atom stereocenters. The quantitative estimate of drug-likeness (QED) is 0.718. The van der Waals surface area contributed by atoms with Crippen LogP contribution in [0.15, 0.2) is 67.0 Å². The van der Waals surface area contributed by atoms with E-state index in [1.165, 1.54) is 11.1 Å². The van der Waals surface area contributed by atoms with E-state index in [1.54, 1.807) is 24.3 Å². The molecule has 0 saturated heterocycles. The molecule has 0 saturated carbocycles. The topological polar surface area (TPSA) is 49.3 Å². The first-order chi connectivity index (χ1) is 13.2. The van der Waals surface area contributed by atoms with E-state index in [1.807, 2.05) is 30.3 Å². The van der Waals surface area contributed by atoms with Gasteiger partial charge < -0.3 is 9.80 Å². The van der Waals surface area contributed by atoms with Gasteiger partial charge in [-0.15, -0.1) is 0 Å². The molecule has 0 N–H and O–H groups in total. The minimum Gasteiger partial charge on any atom is -0.337 e. The highest BCUT2D eigenvalue weighted by molar-refractivity contribution is 5.93. The molecule has 1 aliphatic heterocycles. The van der Waals surface area contributed by atoms with Gasteiger partial charge in [0.25, 0.3) is 5.91 Å². The third-order valence-electron chi connectivity index (χ3n) is 4.91. The first-order valence-electron chi connectivity index (χ1n) is 9.14. The fourth-order valence-corrected chi connectivity index (χ4v) is 3.41. The van der Waals surface area contributed by atoms with Crippen molar-refractivity contribution in [1.29, 1.82) is 0 Å². The number of benzene rings is 2. The van der Waals surface area contributed by atoms with Gasteiger partial charge in [-0.05, 0) is 23.1 Å².